The van der Waals surface area contributed by atoms with Crippen LogP contribution < -0.4 is 5.32 Å². The van der Waals surface area contributed by atoms with Crippen LogP contribution >= 0.6 is 0 Å². The van der Waals surface area contributed by atoms with Gasteiger partial charge in [0.2, 0.25) is 11.8 Å². The molecule has 22 heavy (non-hydrogen) atoms. The van der Waals surface area contributed by atoms with E-state index in [9.17, 15) is 9.59 Å². The smallest absolute Gasteiger partial charge is 0.245 e. The van der Waals surface area contributed by atoms with Crippen molar-refractivity contribution in [1.29, 1.82) is 0 Å². The summed E-state index contributed by atoms with van der Waals surface area (Å²) in [5, 5.41) is 2.87. The Bertz CT molecular complexity index is 481. The maximum atomic E-state index is 12.5. The summed E-state index contributed by atoms with van der Waals surface area (Å²) in [6, 6.07) is -0.479. The van der Waals surface area contributed by atoms with E-state index in [0.29, 0.717) is 39.1 Å². The fourth-order valence-electron chi connectivity index (χ4n) is 2.41. The molecule has 1 saturated heterocycles. The molecule has 2 amide bonds. The molecule has 0 aromatic carbocycles. The molecular weight excluding hydrogens is 284 g/mol. The highest BCUT2D eigenvalue weighted by Crippen LogP contribution is 2.09. The molecule has 1 aliphatic rings. The molecule has 7 heteroatoms. The molecule has 1 aromatic heterocycles. The second-order valence-corrected chi connectivity index (χ2v) is 5.80. The Labute approximate surface area is 130 Å². The van der Waals surface area contributed by atoms with Crippen LogP contribution in [0.1, 0.15) is 26.0 Å². The molecule has 1 fully saturated rings. The summed E-state index contributed by atoms with van der Waals surface area (Å²) in [6.07, 6.45) is 4.21. The molecular formula is C15H24N4O3. The minimum Gasteiger partial charge on any atom is -0.378 e. The summed E-state index contributed by atoms with van der Waals surface area (Å²) >= 11 is 0. The van der Waals surface area contributed by atoms with E-state index >= 15 is 0 Å². The highest BCUT2D eigenvalue weighted by atomic mass is 16.5. The topological polar surface area (TPSA) is 87.3 Å². The lowest BCUT2D eigenvalue weighted by Crippen LogP contribution is -2.53. The number of rotatable bonds is 6. The molecule has 0 radical (unpaired) electrons. The van der Waals surface area contributed by atoms with E-state index in [1.165, 1.54) is 0 Å². The summed E-state index contributed by atoms with van der Waals surface area (Å²) in [7, 11) is 0. The van der Waals surface area contributed by atoms with Crippen LogP contribution in [0.3, 0.4) is 0 Å². The number of amides is 2. The summed E-state index contributed by atoms with van der Waals surface area (Å²) in [5.41, 5.74) is 0.913. The number of aryl methyl sites for hydroxylation is 1. The Morgan fingerprint density at radius 2 is 2.14 bits per heavy atom. The first-order valence-corrected chi connectivity index (χ1v) is 7.71. The first-order valence-electron chi connectivity index (χ1n) is 7.71. The summed E-state index contributed by atoms with van der Waals surface area (Å²) < 4.78 is 5.26. The summed E-state index contributed by atoms with van der Waals surface area (Å²) in [4.78, 5) is 33.3. The van der Waals surface area contributed by atoms with Gasteiger partial charge in [0.25, 0.3) is 0 Å². The molecule has 2 heterocycles. The van der Waals surface area contributed by atoms with Gasteiger partial charge >= 0.3 is 0 Å². The van der Waals surface area contributed by atoms with E-state index in [2.05, 4.69) is 15.3 Å². The fraction of sp³-hybridized carbons (Fsp3) is 0.667. The van der Waals surface area contributed by atoms with Gasteiger partial charge in [-0.15, -0.1) is 0 Å². The monoisotopic (exact) mass is 308 g/mol. The number of carbonyl (C=O) groups excluding carboxylic acids is 2. The quantitative estimate of drug-likeness (QED) is 0.793. The van der Waals surface area contributed by atoms with Crippen molar-refractivity contribution >= 4 is 11.8 Å². The zero-order chi connectivity index (χ0) is 15.9. The predicted octanol–water partition coefficient (Wildman–Crippen LogP) is 0.342. The molecule has 0 saturated carbocycles. The predicted molar refractivity (Wildman–Crippen MR) is 81.1 cm³/mol. The lowest BCUT2D eigenvalue weighted by Gasteiger charge is -2.32. The SMILES string of the molecule is CC(C)C(NC(=O)CCc1cnc[nH]1)C(=O)N1CCOCC1. The fourth-order valence-corrected chi connectivity index (χ4v) is 2.41. The van der Waals surface area contributed by atoms with Crippen LogP contribution in [-0.2, 0) is 20.7 Å². The summed E-state index contributed by atoms with van der Waals surface area (Å²) in [6.45, 7) is 6.18. The lowest BCUT2D eigenvalue weighted by molar-refractivity contribution is -0.141. The Morgan fingerprint density at radius 1 is 1.41 bits per heavy atom. The molecule has 2 rings (SSSR count). The van der Waals surface area contributed by atoms with Crippen LogP contribution in [0.4, 0.5) is 0 Å². The third-order valence-electron chi connectivity index (χ3n) is 3.75. The highest BCUT2D eigenvalue weighted by Gasteiger charge is 2.29. The average molecular weight is 308 g/mol. The molecule has 0 bridgehead atoms. The number of imidazole rings is 1. The number of aromatic nitrogens is 2. The van der Waals surface area contributed by atoms with Gasteiger partial charge in [0.15, 0.2) is 0 Å². The Morgan fingerprint density at radius 3 is 2.73 bits per heavy atom. The van der Waals surface area contributed by atoms with Gasteiger partial charge in [-0.1, -0.05) is 13.8 Å². The van der Waals surface area contributed by atoms with E-state index < -0.39 is 6.04 Å². The number of H-pyrrole nitrogens is 1. The van der Waals surface area contributed by atoms with Crippen molar-refractivity contribution in [2.75, 3.05) is 26.3 Å². The summed E-state index contributed by atoms with van der Waals surface area (Å²) in [5.74, 6) is -0.0884. The molecule has 1 aliphatic heterocycles. The van der Waals surface area contributed by atoms with Crippen molar-refractivity contribution in [3.05, 3.63) is 18.2 Å². The largest absolute Gasteiger partial charge is 0.378 e. The Balaban J connectivity index is 1.87. The standard InChI is InChI=1S/C15H24N4O3/c1-11(2)14(15(21)19-5-7-22-8-6-19)18-13(20)4-3-12-9-16-10-17-12/h9-11,14H,3-8H2,1-2H3,(H,16,17)(H,18,20). The number of hydrogen-bond donors (Lipinski definition) is 2. The number of ether oxygens (including phenoxy) is 1. The molecule has 1 aromatic rings. The van der Waals surface area contributed by atoms with E-state index in [1.54, 1.807) is 17.4 Å². The molecule has 122 valence electrons. The minimum absolute atomic E-state index is 0.0202. The Hall–Kier alpha value is -1.89. The van der Waals surface area contributed by atoms with Gasteiger partial charge in [-0.05, 0) is 12.3 Å². The van der Waals surface area contributed by atoms with E-state index in [1.807, 2.05) is 13.8 Å². The van der Waals surface area contributed by atoms with E-state index in [-0.39, 0.29) is 17.7 Å². The van der Waals surface area contributed by atoms with Crippen molar-refractivity contribution in [3.8, 4) is 0 Å². The average Bonchev–Trinajstić information content (AvgIpc) is 3.04. The van der Waals surface area contributed by atoms with Crippen molar-refractivity contribution < 1.29 is 14.3 Å². The number of nitrogens with zero attached hydrogens (tertiary/aromatic N) is 2. The molecule has 1 atom stereocenters. The molecule has 1 unspecified atom stereocenters. The van der Waals surface area contributed by atoms with Gasteiger partial charge in [0, 0.05) is 31.4 Å². The molecule has 7 nitrogen and oxygen atoms in total. The van der Waals surface area contributed by atoms with Crippen molar-refractivity contribution in [2.24, 2.45) is 5.92 Å². The minimum atomic E-state index is -0.479. The first-order chi connectivity index (χ1) is 10.6. The second-order valence-electron chi connectivity index (χ2n) is 5.80. The van der Waals surface area contributed by atoms with Gasteiger partial charge in [-0.2, -0.15) is 0 Å². The van der Waals surface area contributed by atoms with Gasteiger partial charge in [0.1, 0.15) is 6.04 Å². The molecule has 0 aliphatic carbocycles. The van der Waals surface area contributed by atoms with Crippen LogP contribution in [0.15, 0.2) is 12.5 Å². The molecule has 0 spiro atoms. The van der Waals surface area contributed by atoms with Gasteiger partial charge in [-0.25, -0.2) is 4.98 Å². The Kier molecular flexibility index (Phi) is 5.94. The third kappa shape index (κ3) is 4.56. The lowest BCUT2D eigenvalue weighted by atomic mass is 10.0. The third-order valence-corrected chi connectivity index (χ3v) is 3.75. The molecule has 2 N–H and O–H groups in total. The normalized spacial score (nSPS) is 16.6. The number of aromatic amines is 1. The van der Waals surface area contributed by atoms with Gasteiger partial charge in [-0.3, -0.25) is 9.59 Å². The number of morpholine rings is 1. The van der Waals surface area contributed by atoms with Crippen molar-refractivity contribution in [1.82, 2.24) is 20.2 Å². The zero-order valence-corrected chi connectivity index (χ0v) is 13.2. The van der Waals surface area contributed by atoms with Gasteiger partial charge < -0.3 is 19.9 Å². The maximum absolute atomic E-state index is 12.5. The van der Waals surface area contributed by atoms with Crippen LogP contribution in [0.5, 0.6) is 0 Å². The van der Waals surface area contributed by atoms with Crippen molar-refractivity contribution in [3.63, 3.8) is 0 Å². The zero-order valence-electron chi connectivity index (χ0n) is 13.2. The second kappa shape index (κ2) is 7.93. The first kappa shape index (κ1) is 16.5. The van der Waals surface area contributed by atoms with E-state index in [4.69, 9.17) is 4.74 Å². The number of carbonyl (C=O) groups is 2. The van der Waals surface area contributed by atoms with Crippen LogP contribution in [-0.4, -0.2) is 59.0 Å². The van der Waals surface area contributed by atoms with Crippen LogP contribution in [0.25, 0.3) is 0 Å². The van der Waals surface area contributed by atoms with E-state index in [0.717, 1.165) is 5.69 Å². The number of nitrogens with one attached hydrogen (secondary N) is 2. The van der Waals surface area contributed by atoms with Crippen LogP contribution in [0.2, 0.25) is 0 Å². The number of hydrogen-bond acceptors (Lipinski definition) is 4. The van der Waals surface area contributed by atoms with Crippen LogP contribution in [0, 0.1) is 5.92 Å². The highest BCUT2D eigenvalue weighted by molar-refractivity contribution is 5.88. The van der Waals surface area contributed by atoms with Crippen molar-refractivity contribution in [2.45, 2.75) is 32.7 Å². The maximum Gasteiger partial charge on any atom is 0.245 e. The van der Waals surface area contributed by atoms with Gasteiger partial charge in [0.05, 0.1) is 19.5 Å².